The molecule has 0 aliphatic rings. The van der Waals surface area contributed by atoms with E-state index in [4.69, 9.17) is 4.43 Å². The van der Waals surface area contributed by atoms with Crippen LogP contribution in [-0.2, 0) is 20.9 Å². The van der Waals surface area contributed by atoms with Gasteiger partial charge in [-0.15, -0.1) is 0 Å². The van der Waals surface area contributed by atoms with E-state index in [0.717, 1.165) is 6.26 Å². The minimum atomic E-state index is -3.37. The summed E-state index contributed by atoms with van der Waals surface area (Å²) in [7, 11) is -5.23. The second-order valence-corrected chi connectivity index (χ2v) is 12.9. The van der Waals surface area contributed by atoms with Crippen molar-refractivity contribution in [1.82, 2.24) is 9.97 Å². The lowest BCUT2D eigenvalue weighted by atomic mass is 10.2. The summed E-state index contributed by atoms with van der Waals surface area (Å²) >= 11 is 0. The summed E-state index contributed by atoms with van der Waals surface area (Å²) in [6.45, 7) is 11.1. The maximum absolute atomic E-state index is 11.4. The smallest absolute Gasteiger partial charge is 0.247 e. The van der Waals surface area contributed by atoms with Crippen LogP contribution in [0, 0.1) is 0 Å². The van der Waals surface area contributed by atoms with E-state index in [1.54, 1.807) is 6.07 Å². The molecule has 0 N–H and O–H groups in total. The number of nitrogens with zero attached hydrogens (tertiary/aromatic N) is 2. The fraction of sp³-hybridized carbons (Fsp3) is 0.667. The van der Waals surface area contributed by atoms with Crippen LogP contribution in [0.2, 0.25) is 18.1 Å². The van der Waals surface area contributed by atoms with E-state index in [1.807, 2.05) is 0 Å². The fourth-order valence-electron chi connectivity index (χ4n) is 1.11. The third-order valence-electron chi connectivity index (χ3n) is 3.41. The minimum absolute atomic E-state index is 0.111. The third kappa shape index (κ3) is 4.36. The zero-order chi connectivity index (χ0) is 14.9. The highest BCUT2D eigenvalue weighted by molar-refractivity contribution is 7.90. The quantitative estimate of drug-likeness (QED) is 0.631. The Morgan fingerprint density at radius 1 is 1.32 bits per heavy atom. The Morgan fingerprint density at radius 3 is 2.37 bits per heavy atom. The van der Waals surface area contributed by atoms with Crippen LogP contribution in [0.1, 0.15) is 26.5 Å². The molecule has 5 nitrogen and oxygen atoms in total. The molecule has 0 radical (unpaired) electrons. The van der Waals surface area contributed by atoms with Crippen LogP contribution in [0.4, 0.5) is 0 Å². The Kier molecular flexibility index (Phi) is 4.53. The van der Waals surface area contributed by atoms with Crippen LogP contribution in [0.5, 0.6) is 0 Å². The van der Waals surface area contributed by atoms with Gasteiger partial charge in [-0.05, 0) is 24.2 Å². The summed E-state index contributed by atoms with van der Waals surface area (Å²) in [5.74, 6) is 0. The Hall–Kier alpha value is -0.793. The monoisotopic (exact) mass is 302 g/mol. The molecule has 0 fully saturated rings. The Labute approximate surface area is 116 Å². The number of sulfone groups is 1. The normalized spacial score (nSPS) is 13.6. The van der Waals surface area contributed by atoms with E-state index in [9.17, 15) is 8.42 Å². The largest absolute Gasteiger partial charge is 0.411 e. The molecule has 1 aromatic heterocycles. The van der Waals surface area contributed by atoms with Crippen LogP contribution in [0.3, 0.4) is 0 Å². The first-order valence-electron chi connectivity index (χ1n) is 6.09. The molecule has 0 atom stereocenters. The summed E-state index contributed by atoms with van der Waals surface area (Å²) in [6.07, 6.45) is 2.55. The number of aromatic nitrogens is 2. The van der Waals surface area contributed by atoms with Crippen molar-refractivity contribution in [2.24, 2.45) is 0 Å². The summed E-state index contributed by atoms with van der Waals surface area (Å²) in [4.78, 5) is 7.79. The molecule has 1 heterocycles. The van der Waals surface area contributed by atoms with Gasteiger partial charge in [-0.1, -0.05) is 20.8 Å². The molecule has 0 bridgehead atoms. The van der Waals surface area contributed by atoms with Gasteiger partial charge in [0.05, 0.1) is 12.3 Å². The maximum Gasteiger partial charge on any atom is 0.247 e. The molecule has 0 unspecified atom stereocenters. The van der Waals surface area contributed by atoms with Crippen molar-refractivity contribution in [3.63, 3.8) is 0 Å². The highest BCUT2D eigenvalue weighted by atomic mass is 32.2. The van der Waals surface area contributed by atoms with Crippen molar-refractivity contribution >= 4 is 18.2 Å². The molecule has 0 amide bonds. The van der Waals surface area contributed by atoms with Gasteiger partial charge in [-0.3, -0.25) is 0 Å². The van der Waals surface area contributed by atoms with Crippen molar-refractivity contribution in [3.05, 3.63) is 18.0 Å². The molecular weight excluding hydrogens is 280 g/mol. The maximum atomic E-state index is 11.4. The molecule has 108 valence electrons. The number of hydrogen-bond donors (Lipinski definition) is 0. The Balaban J connectivity index is 2.86. The second-order valence-electron chi connectivity index (χ2n) is 6.15. The summed E-state index contributed by atoms with van der Waals surface area (Å²) in [5, 5.41) is -0.0384. The highest BCUT2D eigenvalue weighted by Crippen LogP contribution is 2.36. The van der Waals surface area contributed by atoms with Crippen LogP contribution in [0.25, 0.3) is 0 Å². The third-order valence-corrected chi connectivity index (χ3v) is 8.75. The van der Waals surface area contributed by atoms with Crippen molar-refractivity contribution in [3.8, 4) is 0 Å². The first kappa shape index (κ1) is 16.3. The van der Waals surface area contributed by atoms with Crippen LogP contribution >= 0.6 is 0 Å². The molecule has 1 rings (SSSR count). The fourth-order valence-corrected chi connectivity index (χ4v) is 2.58. The van der Waals surface area contributed by atoms with Gasteiger partial charge in [-0.2, -0.15) is 0 Å². The van der Waals surface area contributed by atoms with Crippen molar-refractivity contribution < 1.29 is 12.8 Å². The van der Waals surface area contributed by atoms with Crippen molar-refractivity contribution in [2.75, 3.05) is 6.26 Å². The van der Waals surface area contributed by atoms with Gasteiger partial charge in [-0.25, -0.2) is 18.4 Å². The van der Waals surface area contributed by atoms with Crippen molar-refractivity contribution in [2.45, 2.75) is 50.7 Å². The lowest BCUT2D eigenvalue weighted by Gasteiger charge is -2.36. The van der Waals surface area contributed by atoms with Gasteiger partial charge < -0.3 is 4.43 Å². The predicted molar refractivity (Wildman–Crippen MR) is 77.1 cm³/mol. The van der Waals surface area contributed by atoms with E-state index >= 15 is 0 Å². The van der Waals surface area contributed by atoms with Crippen molar-refractivity contribution in [1.29, 1.82) is 0 Å². The topological polar surface area (TPSA) is 69.2 Å². The van der Waals surface area contributed by atoms with E-state index in [2.05, 4.69) is 43.8 Å². The molecule has 0 aromatic carbocycles. The average Bonchev–Trinajstić information content (AvgIpc) is 2.24. The number of rotatable bonds is 4. The minimum Gasteiger partial charge on any atom is -0.411 e. The molecule has 1 aromatic rings. The van der Waals surface area contributed by atoms with Gasteiger partial charge in [0.25, 0.3) is 0 Å². The van der Waals surface area contributed by atoms with Gasteiger partial charge in [0.1, 0.15) is 0 Å². The molecule has 0 aliphatic heterocycles. The lowest BCUT2D eigenvalue weighted by molar-refractivity contribution is 0.271. The van der Waals surface area contributed by atoms with Crippen LogP contribution < -0.4 is 0 Å². The summed E-state index contributed by atoms with van der Waals surface area (Å²) in [5.41, 5.74) is 0.597. The van der Waals surface area contributed by atoms with Gasteiger partial charge in [0.15, 0.2) is 8.32 Å². The highest BCUT2D eigenvalue weighted by Gasteiger charge is 2.37. The first-order chi connectivity index (χ1) is 8.43. The lowest BCUT2D eigenvalue weighted by Crippen LogP contribution is -2.40. The van der Waals surface area contributed by atoms with Gasteiger partial charge in [0.2, 0.25) is 15.0 Å². The van der Waals surface area contributed by atoms with Crippen LogP contribution in [0.15, 0.2) is 17.4 Å². The molecule has 0 aliphatic carbocycles. The van der Waals surface area contributed by atoms with Gasteiger partial charge in [0, 0.05) is 12.5 Å². The molecule has 0 spiro atoms. The zero-order valence-electron chi connectivity index (χ0n) is 12.4. The summed E-state index contributed by atoms with van der Waals surface area (Å²) < 4.78 is 28.8. The first-order valence-corrected chi connectivity index (χ1v) is 10.9. The van der Waals surface area contributed by atoms with Crippen LogP contribution in [-0.4, -0.2) is 33.0 Å². The zero-order valence-corrected chi connectivity index (χ0v) is 14.2. The summed E-state index contributed by atoms with van der Waals surface area (Å²) in [6, 6.07) is 1.68. The Bertz CT molecular complexity index is 550. The van der Waals surface area contributed by atoms with E-state index in [-0.39, 0.29) is 10.2 Å². The van der Waals surface area contributed by atoms with E-state index in [1.165, 1.54) is 6.20 Å². The molecule has 7 heteroatoms. The van der Waals surface area contributed by atoms with Gasteiger partial charge >= 0.3 is 0 Å². The standard InChI is InChI=1S/C12H22N2O3SSi/c1-12(2,3)19(5,6)17-9-10-7-8-13-11(14-10)18(4,15)16/h7-8H,9H2,1-6H3. The predicted octanol–water partition coefficient (Wildman–Crippen LogP) is 2.40. The van der Waals surface area contributed by atoms with E-state index in [0.29, 0.717) is 12.3 Å². The second kappa shape index (κ2) is 5.30. The SMILES string of the molecule is CC(C)(C)[Si](C)(C)OCc1ccnc(S(C)(=O)=O)n1. The van der Waals surface area contributed by atoms with E-state index < -0.39 is 18.2 Å². The molecule has 19 heavy (non-hydrogen) atoms. The molecule has 0 saturated heterocycles. The molecular formula is C12H22N2O3SSi. The number of hydrogen-bond acceptors (Lipinski definition) is 5. The molecule has 0 saturated carbocycles. The Morgan fingerprint density at radius 2 is 1.89 bits per heavy atom. The average molecular weight is 302 g/mol.